The SMILES string of the molecule is CC(=O)N1CCN(CC(O)COc2ccc3oc4ccccc4c3c2)CC1. The van der Waals surface area contributed by atoms with E-state index in [1.54, 1.807) is 6.92 Å². The number of fused-ring (bicyclic) bond motifs is 3. The van der Waals surface area contributed by atoms with Crippen molar-refractivity contribution in [2.75, 3.05) is 39.3 Å². The number of para-hydroxylation sites is 1. The monoisotopic (exact) mass is 368 g/mol. The third-order valence-electron chi connectivity index (χ3n) is 5.08. The Labute approximate surface area is 157 Å². The first-order chi connectivity index (χ1) is 13.1. The summed E-state index contributed by atoms with van der Waals surface area (Å²) in [4.78, 5) is 15.4. The van der Waals surface area contributed by atoms with Gasteiger partial charge in [0.15, 0.2) is 0 Å². The van der Waals surface area contributed by atoms with E-state index in [4.69, 9.17) is 9.15 Å². The van der Waals surface area contributed by atoms with Gasteiger partial charge >= 0.3 is 0 Å². The van der Waals surface area contributed by atoms with Crippen molar-refractivity contribution >= 4 is 27.8 Å². The molecule has 0 spiro atoms. The maximum atomic E-state index is 11.4. The summed E-state index contributed by atoms with van der Waals surface area (Å²) in [6.07, 6.45) is -0.578. The first-order valence-electron chi connectivity index (χ1n) is 9.30. The molecule has 1 aromatic heterocycles. The summed E-state index contributed by atoms with van der Waals surface area (Å²) in [7, 11) is 0. The lowest BCUT2D eigenvalue weighted by molar-refractivity contribution is -0.130. The molecule has 1 unspecified atom stereocenters. The quantitative estimate of drug-likeness (QED) is 0.750. The molecule has 6 heteroatoms. The lowest BCUT2D eigenvalue weighted by Crippen LogP contribution is -2.50. The number of ether oxygens (including phenoxy) is 1. The first-order valence-corrected chi connectivity index (χ1v) is 9.30. The van der Waals surface area contributed by atoms with Crippen molar-refractivity contribution < 1.29 is 19.1 Å². The van der Waals surface area contributed by atoms with Gasteiger partial charge in [-0.2, -0.15) is 0 Å². The minimum Gasteiger partial charge on any atom is -0.491 e. The Morgan fingerprint density at radius 3 is 2.63 bits per heavy atom. The molecule has 1 aliphatic heterocycles. The van der Waals surface area contributed by atoms with Crippen molar-refractivity contribution in [2.24, 2.45) is 0 Å². The van der Waals surface area contributed by atoms with Crippen LogP contribution in [0.1, 0.15) is 6.92 Å². The van der Waals surface area contributed by atoms with Gasteiger partial charge in [-0.05, 0) is 24.3 Å². The highest BCUT2D eigenvalue weighted by atomic mass is 16.5. The third kappa shape index (κ3) is 3.91. The first kappa shape index (κ1) is 17.8. The van der Waals surface area contributed by atoms with Gasteiger partial charge in [0, 0.05) is 50.4 Å². The number of aliphatic hydroxyl groups is 1. The number of carbonyl (C=O) groups excluding carboxylic acids is 1. The largest absolute Gasteiger partial charge is 0.491 e. The zero-order chi connectivity index (χ0) is 18.8. The van der Waals surface area contributed by atoms with Crippen LogP contribution in [0, 0.1) is 0 Å². The Bertz CT molecular complexity index is 944. The molecule has 1 atom stereocenters. The molecule has 0 saturated carbocycles. The molecule has 4 rings (SSSR count). The summed E-state index contributed by atoms with van der Waals surface area (Å²) >= 11 is 0. The fourth-order valence-electron chi connectivity index (χ4n) is 3.58. The normalized spacial score (nSPS) is 16.7. The number of β-amino-alcohol motifs (C(OH)–C–C–N with tert-alkyl or cyclic N) is 1. The predicted octanol–water partition coefficient (Wildman–Crippen LogP) is 2.49. The van der Waals surface area contributed by atoms with Gasteiger partial charge in [-0.15, -0.1) is 0 Å². The number of benzene rings is 2. The lowest BCUT2D eigenvalue weighted by atomic mass is 10.1. The van der Waals surface area contributed by atoms with Gasteiger partial charge in [-0.3, -0.25) is 9.69 Å². The van der Waals surface area contributed by atoms with Gasteiger partial charge in [0.25, 0.3) is 0 Å². The summed E-state index contributed by atoms with van der Waals surface area (Å²) in [5.74, 6) is 0.829. The highest BCUT2D eigenvalue weighted by Crippen LogP contribution is 2.31. The number of furan rings is 1. The van der Waals surface area contributed by atoms with Crippen LogP contribution in [0.3, 0.4) is 0 Å². The molecule has 1 N–H and O–H groups in total. The van der Waals surface area contributed by atoms with Crippen LogP contribution in [0.5, 0.6) is 5.75 Å². The number of amides is 1. The Morgan fingerprint density at radius 1 is 1.11 bits per heavy atom. The van der Waals surface area contributed by atoms with Crippen molar-refractivity contribution in [1.29, 1.82) is 0 Å². The molecule has 0 radical (unpaired) electrons. The average molecular weight is 368 g/mol. The van der Waals surface area contributed by atoms with Crippen molar-refractivity contribution in [2.45, 2.75) is 13.0 Å². The molecule has 2 aromatic carbocycles. The second-order valence-corrected chi connectivity index (χ2v) is 7.03. The molecule has 0 bridgehead atoms. The number of hydrogen-bond acceptors (Lipinski definition) is 5. The van der Waals surface area contributed by atoms with Gasteiger partial charge in [0.1, 0.15) is 29.6 Å². The van der Waals surface area contributed by atoms with Gasteiger partial charge in [0.2, 0.25) is 5.91 Å². The van der Waals surface area contributed by atoms with Crippen molar-refractivity contribution in [1.82, 2.24) is 9.80 Å². The molecule has 2 heterocycles. The van der Waals surface area contributed by atoms with E-state index in [1.165, 1.54) is 0 Å². The van der Waals surface area contributed by atoms with E-state index >= 15 is 0 Å². The van der Waals surface area contributed by atoms with Gasteiger partial charge in [-0.25, -0.2) is 0 Å². The minimum atomic E-state index is -0.578. The van der Waals surface area contributed by atoms with Crippen LogP contribution in [0.25, 0.3) is 21.9 Å². The van der Waals surface area contributed by atoms with E-state index < -0.39 is 6.10 Å². The van der Waals surface area contributed by atoms with E-state index in [-0.39, 0.29) is 12.5 Å². The highest BCUT2D eigenvalue weighted by molar-refractivity contribution is 6.05. The van der Waals surface area contributed by atoms with Crippen LogP contribution in [-0.2, 0) is 4.79 Å². The Hall–Kier alpha value is -2.57. The Morgan fingerprint density at radius 2 is 1.85 bits per heavy atom. The Balaban J connectivity index is 1.34. The number of aliphatic hydroxyl groups excluding tert-OH is 1. The van der Waals surface area contributed by atoms with Gasteiger partial charge < -0.3 is 19.2 Å². The van der Waals surface area contributed by atoms with E-state index in [1.807, 2.05) is 47.4 Å². The average Bonchev–Trinajstić information content (AvgIpc) is 3.05. The molecule has 27 heavy (non-hydrogen) atoms. The van der Waals surface area contributed by atoms with Crippen molar-refractivity contribution in [3.05, 3.63) is 42.5 Å². The van der Waals surface area contributed by atoms with Crippen LogP contribution >= 0.6 is 0 Å². The third-order valence-corrected chi connectivity index (χ3v) is 5.08. The minimum absolute atomic E-state index is 0.112. The fourth-order valence-corrected chi connectivity index (χ4v) is 3.58. The number of rotatable bonds is 5. The van der Waals surface area contributed by atoms with Crippen LogP contribution in [0.15, 0.2) is 46.9 Å². The summed E-state index contributed by atoms with van der Waals surface area (Å²) < 4.78 is 11.6. The maximum absolute atomic E-state index is 11.4. The summed E-state index contributed by atoms with van der Waals surface area (Å²) in [6, 6.07) is 13.6. The second kappa shape index (κ2) is 7.58. The predicted molar refractivity (Wildman–Crippen MR) is 104 cm³/mol. The molecule has 1 aliphatic rings. The van der Waals surface area contributed by atoms with Crippen LogP contribution < -0.4 is 4.74 Å². The molecular weight excluding hydrogens is 344 g/mol. The highest BCUT2D eigenvalue weighted by Gasteiger charge is 2.20. The standard InChI is InChI=1S/C21H24N2O4/c1-15(24)23-10-8-22(9-11-23)13-16(25)14-26-17-6-7-21-19(12-17)18-4-2-3-5-20(18)27-21/h2-7,12,16,25H,8-11,13-14H2,1H3. The maximum Gasteiger partial charge on any atom is 0.219 e. The lowest BCUT2D eigenvalue weighted by Gasteiger charge is -2.35. The number of carbonyl (C=O) groups is 1. The second-order valence-electron chi connectivity index (χ2n) is 7.03. The molecule has 1 saturated heterocycles. The van der Waals surface area contributed by atoms with E-state index in [2.05, 4.69) is 4.90 Å². The molecule has 1 fully saturated rings. The van der Waals surface area contributed by atoms with Crippen LogP contribution in [0.4, 0.5) is 0 Å². The molecule has 0 aliphatic carbocycles. The van der Waals surface area contributed by atoms with Crippen LogP contribution in [-0.4, -0.2) is 66.2 Å². The summed E-state index contributed by atoms with van der Waals surface area (Å²) in [6.45, 7) is 5.36. The van der Waals surface area contributed by atoms with Gasteiger partial charge in [0.05, 0.1) is 0 Å². The van der Waals surface area contributed by atoms with E-state index in [0.717, 1.165) is 40.8 Å². The number of hydrogen-bond donors (Lipinski definition) is 1. The van der Waals surface area contributed by atoms with Crippen LogP contribution in [0.2, 0.25) is 0 Å². The van der Waals surface area contributed by atoms with Crippen molar-refractivity contribution in [3.63, 3.8) is 0 Å². The molecule has 142 valence electrons. The smallest absolute Gasteiger partial charge is 0.219 e. The fraction of sp³-hybridized carbons (Fsp3) is 0.381. The summed E-state index contributed by atoms with van der Waals surface area (Å²) in [5, 5.41) is 12.4. The molecule has 1 amide bonds. The molecule has 3 aromatic rings. The zero-order valence-corrected chi connectivity index (χ0v) is 15.4. The molecule has 6 nitrogen and oxygen atoms in total. The van der Waals surface area contributed by atoms with Crippen molar-refractivity contribution in [3.8, 4) is 5.75 Å². The summed E-state index contributed by atoms with van der Waals surface area (Å²) in [5.41, 5.74) is 1.68. The van der Waals surface area contributed by atoms with E-state index in [9.17, 15) is 9.90 Å². The Kier molecular flexibility index (Phi) is 5.01. The molecular formula is C21H24N2O4. The number of nitrogens with zero attached hydrogens (tertiary/aromatic N) is 2. The topological polar surface area (TPSA) is 66.2 Å². The van der Waals surface area contributed by atoms with E-state index in [0.29, 0.717) is 19.6 Å². The number of piperazine rings is 1. The van der Waals surface area contributed by atoms with Gasteiger partial charge in [-0.1, -0.05) is 18.2 Å². The zero-order valence-electron chi connectivity index (χ0n) is 15.4.